The zero-order valence-corrected chi connectivity index (χ0v) is 20.0. The van der Waals surface area contributed by atoms with Crippen molar-refractivity contribution in [3.63, 3.8) is 0 Å². The molecule has 4 rings (SSSR count). The molecule has 1 N–H and O–H groups in total. The summed E-state index contributed by atoms with van der Waals surface area (Å²) in [6.45, 7) is 2.30. The number of carboxylic acids is 1. The number of alkyl halides is 1. The highest BCUT2D eigenvalue weighted by Crippen LogP contribution is 2.35. The molecule has 0 bridgehead atoms. The smallest absolute Gasteiger partial charge is 0.308 e. The fourth-order valence-electron chi connectivity index (χ4n) is 5.20. The summed E-state index contributed by atoms with van der Waals surface area (Å²) in [6.07, 6.45) is 6.14. The molecule has 0 unspecified atom stereocenters. The number of hydrogen-bond donors (Lipinski definition) is 1. The van der Waals surface area contributed by atoms with Gasteiger partial charge in [0.05, 0.1) is 18.5 Å². The van der Waals surface area contributed by atoms with Gasteiger partial charge in [0.1, 0.15) is 11.9 Å². The highest BCUT2D eigenvalue weighted by atomic mass is 19.1. The maximum atomic E-state index is 15.4. The molecule has 2 aromatic heterocycles. The summed E-state index contributed by atoms with van der Waals surface area (Å²) in [5, 5.41) is 10.6. The Hall–Kier alpha value is -2.93. The van der Waals surface area contributed by atoms with Gasteiger partial charge in [-0.05, 0) is 93.1 Å². The second-order valence-corrected chi connectivity index (χ2v) is 9.34. The standard InChI is InChI=1S/C27H34FN3O3/c1-30-14-3-5-20(30)6-4-15-31-16-12-19(24(18-31)27(32)33)7-9-25(28)22-11-13-29-26-10-8-21(34-2)17-23(22)26/h3,5,8,10-11,13-14,17,19,24-25H,4,6-7,9,12,15-16,18H2,1-2H3,(H,32,33)/t19-,24+,25+/m1/s1. The first-order chi connectivity index (χ1) is 16.5. The molecule has 1 fully saturated rings. The van der Waals surface area contributed by atoms with Crippen molar-refractivity contribution in [3.8, 4) is 5.75 Å². The third kappa shape index (κ3) is 5.58. The van der Waals surface area contributed by atoms with E-state index in [1.54, 1.807) is 19.4 Å². The average Bonchev–Trinajstić information content (AvgIpc) is 3.26. The number of carbonyl (C=O) groups is 1. The number of aromatic nitrogens is 2. The molecule has 1 aromatic carbocycles. The zero-order chi connectivity index (χ0) is 24.1. The van der Waals surface area contributed by atoms with Crippen LogP contribution >= 0.6 is 0 Å². The summed E-state index contributed by atoms with van der Waals surface area (Å²) in [5.74, 6) is -0.571. The van der Waals surface area contributed by atoms with E-state index in [0.29, 0.717) is 30.7 Å². The van der Waals surface area contributed by atoms with Crippen LogP contribution in [0.1, 0.15) is 43.1 Å². The molecule has 3 aromatic rings. The Balaban J connectivity index is 1.34. The highest BCUT2D eigenvalue weighted by molar-refractivity contribution is 5.83. The molecule has 6 nitrogen and oxygen atoms in total. The molecule has 0 aliphatic carbocycles. The molecule has 0 radical (unpaired) electrons. The van der Waals surface area contributed by atoms with E-state index in [-0.39, 0.29) is 5.92 Å². The number of ether oxygens (including phenoxy) is 1. The van der Waals surface area contributed by atoms with E-state index < -0.39 is 18.1 Å². The molecule has 0 saturated carbocycles. The largest absolute Gasteiger partial charge is 0.497 e. The van der Waals surface area contributed by atoms with Crippen LogP contribution in [-0.4, -0.2) is 52.3 Å². The summed E-state index contributed by atoms with van der Waals surface area (Å²) in [7, 11) is 3.63. The number of halogens is 1. The molecule has 182 valence electrons. The van der Waals surface area contributed by atoms with Crippen molar-refractivity contribution >= 4 is 16.9 Å². The summed E-state index contributed by atoms with van der Waals surface area (Å²) in [5.41, 5.74) is 2.61. The van der Waals surface area contributed by atoms with Crippen LogP contribution in [0.15, 0.2) is 48.8 Å². The first-order valence-corrected chi connectivity index (χ1v) is 12.1. The number of hydrogen-bond acceptors (Lipinski definition) is 4. The van der Waals surface area contributed by atoms with Gasteiger partial charge < -0.3 is 19.3 Å². The molecule has 3 atom stereocenters. The Morgan fingerprint density at radius 1 is 1.32 bits per heavy atom. The fourth-order valence-corrected chi connectivity index (χ4v) is 5.20. The van der Waals surface area contributed by atoms with Gasteiger partial charge in [-0.2, -0.15) is 0 Å². The lowest BCUT2D eigenvalue weighted by Gasteiger charge is -2.37. The SMILES string of the molecule is COc1ccc2nccc([C@@H](F)CC[C@@H]3CCN(CCCc4cccn4C)C[C@@H]3C(=O)O)c2c1. The number of rotatable bonds is 10. The third-order valence-electron chi connectivity index (χ3n) is 7.23. The first kappa shape index (κ1) is 24.2. The number of carboxylic acid groups (broad SMARTS) is 1. The van der Waals surface area contributed by atoms with Gasteiger partial charge in [0, 0.05) is 37.1 Å². The van der Waals surface area contributed by atoms with Gasteiger partial charge in [0.2, 0.25) is 0 Å². The van der Waals surface area contributed by atoms with Gasteiger partial charge in [0.15, 0.2) is 0 Å². The van der Waals surface area contributed by atoms with Gasteiger partial charge in [-0.15, -0.1) is 0 Å². The lowest BCUT2D eigenvalue weighted by Crippen LogP contribution is -2.44. The van der Waals surface area contributed by atoms with Gasteiger partial charge in [-0.3, -0.25) is 9.78 Å². The number of aryl methyl sites for hydroxylation is 2. The Kier molecular flexibility index (Phi) is 7.83. The molecule has 1 aliphatic heterocycles. The molecule has 3 heterocycles. The van der Waals surface area contributed by atoms with Crippen molar-refractivity contribution in [3.05, 3.63) is 60.0 Å². The molecular weight excluding hydrogens is 433 g/mol. The number of fused-ring (bicyclic) bond motifs is 1. The molecule has 0 amide bonds. The molecule has 0 spiro atoms. The third-order valence-corrected chi connectivity index (χ3v) is 7.23. The minimum atomic E-state index is -1.17. The van der Waals surface area contributed by atoms with Crippen molar-refractivity contribution in [1.82, 2.24) is 14.5 Å². The molecule has 7 heteroatoms. The van der Waals surface area contributed by atoms with Crippen LogP contribution in [-0.2, 0) is 18.3 Å². The second kappa shape index (κ2) is 11.0. The van der Waals surface area contributed by atoms with Crippen LogP contribution in [0.3, 0.4) is 0 Å². The van der Waals surface area contributed by atoms with Gasteiger partial charge in [0.25, 0.3) is 0 Å². The zero-order valence-electron chi connectivity index (χ0n) is 20.0. The number of aliphatic carboxylic acids is 1. The second-order valence-electron chi connectivity index (χ2n) is 9.34. The van der Waals surface area contributed by atoms with E-state index >= 15 is 4.39 Å². The number of methoxy groups -OCH3 is 1. The number of benzene rings is 1. The quantitative estimate of drug-likeness (QED) is 0.453. The average molecular weight is 468 g/mol. The monoisotopic (exact) mass is 467 g/mol. The Morgan fingerprint density at radius 2 is 2.18 bits per heavy atom. The molecule has 34 heavy (non-hydrogen) atoms. The van der Waals surface area contributed by atoms with Crippen molar-refractivity contribution in [1.29, 1.82) is 0 Å². The number of piperidine rings is 1. The predicted molar refractivity (Wildman–Crippen MR) is 131 cm³/mol. The van der Waals surface area contributed by atoms with E-state index in [4.69, 9.17) is 4.74 Å². The number of nitrogens with zero attached hydrogens (tertiary/aromatic N) is 3. The normalized spacial score (nSPS) is 19.9. The summed E-state index contributed by atoms with van der Waals surface area (Å²) in [4.78, 5) is 18.6. The highest BCUT2D eigenvalue weighted by Gasteiger charge is 2.34. The van der Waals surface area contributed by atoms with Crippen LogP contribution in [0.5, 0.6) is 5.75 Å². The lowest BCUT2D eigenvalue weighted by atomic mass is 9.81. The summed E-state index contributed by atoms with van der Waals surface area (Å²) >= 11 is 0. The van der Waals surface area contributed by atoms with E-state index in [1.165, 1.54) is 5.69 Å². The van der Waals surface area contributed by atoms with E-state index in [1.807, 2.05) is 37.5 Å². The van der Waals surface area contributed by atoms with Crippen LogP contribution in [0.4, 0.5) is 4.39 Å². The fraction of sp³-hybridized carbons (Fsp3) is 0.481. The van der Waals surface area contributed by atoms with Crippen molar-refractivity contribution in [2.24, 2.45) is 18.9 Å². The van der Waals surface area contributed by atoms with Crippen molar-refractivity contribution in [2.45, 2.75) is 38.3 Å². The predicted octanol–water partition coefficient (Wildman–Crippen LogP) is 5.03. The van der Waals surface area contributed by atoms with Crippen molar-refractivity contribution in [2.75, 3.05) is 26.7 Å². The van der Waals surface area contributed by atoms with Gasteiger partial charge in [-0.25, -0.2) is 4.39 Å². The van der Waals surface area contributed by atoms with Crippen LogP contribution in [0, 0.1) is 11.8 Å². The minimum absolute atomic E-state index is 0.0116. The summed E-state index contributed by atoms with van der Waals surface area (Å²) in [6, 6.07) is 11.4. The Labute approximate surface area is 200 Å². The maximum absolute atomic E-state index is 15.4. The first-order valence-electron chi connectivity index (χ1n) is 12.1. The Morgan fingerprint density at radius 3 is 2.91 bits per heavy atom. The lowest BCUT2D eigenvalue weighted by molar-refractivity contribution is -0.146. The van der Waals surface area contributed by atoms with E-state index in [0.717, 1.165) is 43.3 Å². The topological polar surface area (TPSA) is 67.6 Å². The van der Waals surface area contributed by atoms with Crippen LogP contribution < -0.4 is 4.74 Å². The molecule has 1 saturated heterocycles. The van der Waals surface area contributed by atoms with E-state index in [9.17, 15) is 9.90 Å². The van der Waals surface area contributed by atoms with Crippen molar-refractivity contribution < 1.29 is 19.0 Å². The number of likely N-dealkylation sites (tertiary alicyclic amines) is 1. The Bertz CT molecular complexity index is 1120. The van der Waals surface area contributed by atoms with Gasteiger partial charge >= 0.3 is 5.97 Å². The minimum Gasteiger partial charge on any atom is -0.497 e. The summed E-state index contributed by atoms with van der Waals surface area (Å²) < 4.78 is 22.8. The van der Waals surface area contributed by atoms with E-state index in [2.05, 4.69) is 20.5 Å². The maximum Gasteiger partial charge on any atom is 0.308 e. The van der Waals surface area contributed by atoms with Crippen LogP contribution in [0.2, 0.25) is 0 Å². The van der Waals surface area contributed by atoms with Crippen LogP contribution in [0.25, 0.3) is 10.9 Å². The molecular formula is C27H34FN3O3. The van der Waals surface area contributed by atoms with Gasteiger partial charge in [-0.1, -0.05) is 0 Å². The number of pyridine rings is 1. The molecule has 1 aliphatic rings.